The minimum atomic E-state index is -1.56. The van der Waals surface area contributed by atoms with Gasteiger partial charge in [0, 0.05) is 24.9 Å². The van der Waals surface area contributed by atoms with Crippen molar-refractivity contribution in [2.45, 2.75) is 222 Å². The first kappa shape index (κ1) is 66.4. The molecule has 470 valence electrons. The Labute approximate surface area is 504 Å². The summed E-state index contributed by atoms with van der Waals surface area (Å²) in [4.78, 5) is 121. The zero-order chi connectivity index (χ0) is 62.0. The molecular formula is C64H90N8O14. The van der Waals surface area contributed by atoms with E-state index in [-0.39, 0.29) is 62.7 Å². The van der Waals surface area contributed by atoms with Crippen LogP contribution in [0.3, 0.4) is 0 Å². The third-order valence-corrected chi connectivity index (χ3v) is 17.0. The number of ketones is 1. The lowest BCUT2D eigenvalue weighted by molar-refractivity contribution is -0.143. The average Bonchev–Trinajstić information content (AvgIpc) is 2.89. The molecule has 86 heavy (non-hydrogen) atoms. The Kier molecular flexibility index (Phi) is 24.3. The molecule has 6 aliphatic heterocycles. The number of nitrogens with two attached hydrogens (primary N) is 2. The number of amides is 8. The fourth-order valence-corrected chi connectivity index (χ4v) is 12.8. The number of benzene rings is 2. The van der Waals surface area contributed by atoms with Crippen LogP contribution in [0.5, 0.6) is 0 Å². The van der Waals surface area contributed by atoms with E-state index >= 15 is 0 Å². The zero-order valence-corrected chi connectivity index (χ0v) is 50.3. The zero-order valence-electron chi connectivity index (χ0n) is 50.3. The number of aliphatic hydroxyl groups excluding tert-OH is 1. The molecule has 4 fully saturated rings. The largest absolute Gasteiger partial charge is 0.445 e. The van der Waals surface area contributed by atoms with Crippen molar-refractivity contribution in [2.24, 2.45) is 23.3 Å². The maximum atomic E-state index is 14.1. The van der Waals surface area contributed by atoms with E-state index in [0.29, 0.717) is 57.8 Å². The third kappa shape index (κ3) is 18.9. The molecule has 0 aliphatic carbocycles. The molecule has 8 amide bonds. The highest BCUT2D eigenvalue weighted by Gasteiger charge is 2.58. The number of ether oxygens (including phenoxy) is 4. The highest BCUT2D eigenvalue weighted by molar-refractivity contribution is 6.37. The van der Waals surface area contributed by atoms with Crippen LogP contribution in [-0.4, -0.2) is 147 Å². The van der Waals surface area contributed by atoms with Crippen LogP contribution in [0.15, 0.2) is 85.0 Å². The number of nitrogens with one attached hydrogen (secondary N) is 4. The average molecular weight is 1200 g/mol. The van der Waals surface area contributed by atoms with E-state index in [1.54, 1.807) is 0 Å². The fraction of sp³-hybridized carbons (Fsp3) is 0.609. The van der Waals surface area contributed by atoms with Crippen LogP contribution >= 0.6 is 0 Å². The number of carbonyl (C=O) groups excluding carboxylic acids is 9. The Morgan fingerprint density at radius 1 is 0.593 bits per heavy atom. The van der Waals surface area contributed by atoms with Crippen molar-refractivity contribution in [1.29, 1.82) is 0 Å². The molecule has 0 saturated carbocycles. The van der Waals surface area contributed by atoms with Gasteiger partial charge >= 0.3 is 12.2 Å². The quantitative estimate of drug-likeness (QED) is 0.113. The van der Waals surface area contributed by atoms with Gasteiger partial charge in [0.2, 0.25) is 35.3 Å². The van der Waals surface area contributed by atoms with Gasteiger partial charge in [-0.3, -0.25) is 33.6 Å². The number of Topliss-reactive ketones (excluding diaryl/α,β-unsaturated/α-hetero) is 1. The number of hydrogen-bond donors (Lipinski definition) is 7. The lowest BCUT2D eigenvalue weighted by Gasteiger charge is -2.33. The second kappa shape index (κ2) is 31.5. The van der Waals surface area contributed by atoms with E-state index in [2.05, 4.69) is 45.6 Å². The molecule has 3 unspecified atom stereocenters. The standard InChI is InChI=1S/C32H46N4O7.C32H44N4O7/c2*1-32(2)18-22-25(43-32)19-36-26(22)29(39)34-23(27(37)28(33)38)16-12-7-5-3-4-6-8-13-17-24(30(36)40)35-31(41)42-20-21-14-10-9-11-15-21/h3-4,9-11,14-15,22-27,37H,5-8,12-13,16-20H2,1-2H3,(H2,33,38)(H,34,39)(H,35,41);3-4,9-11,14-15,22-26H,5-8,12-13,16-20H2,1-2H3,(H2,33,38)(H,34,39)(H,35,41)/t22-,23-,24-,25?,26-,27?;22-,23-,24-,25?,26-/m00/s1. The molecule has 0 aromatic heterocycles. The van der Waals surface area contributed by atoms with Gasteiger partial charge in [-0.1, -0.05) is 111 Å². The van der Waals surface area contributed by atoms with E-state index in [4.69, 9.17) is 30.4 Å². The van der Waals surface area contributed by atoms with Crippen molar-refractivity contribution in [1.82, 2.24) is 31.1 Å². The predicted octanol–water partition coefficient (Wildman–Crippen LogP) is 5.60. The van der Waals surface area contributed by atoms with Gasteiger partial charge in [0.05, 0.1) is 35.5 Å². The van der Waals surface area contributed by atoms with Crippen LogP contribution in [0.1, 0.15) is 154 Å². The Bertz CT molecular complexity index is 2720. The van der Waals surface area contributed by atoms with Gasteiger partial charge in [-0.15, -0.1) is 0 Å². The number of rotatable bonds is 10. The molecule has 6 aliphatic rings. The van der Waals surface area contributed by atoms with Crippen LogP contribution in [0.2, 0.25) is 0 Å². The molecule has 11 atom stereocenters. The molecule has 0 bridgehead atoms. The number of allylic oxidation sites excluding steroid dienone is 4. The number of hydrogen-bond acceptors (Lipinski definition) is 14. The molecule has 0 radical (unpaired) electrons. The van der Waals surface area contributed by atoms with Crippen LogP contribution in [-0.2, 0) is 65.7 Å². The predicted molar refractivity (Wildman–Crippen MR) is 318 cm³/mol. The maximum absolute atomic E-state index is 14.1. The third-order valence-electron chi connectivity index (χ3n) is 17.0. The number of primary amides is 2. The summed E-state index contributed by atoms with van der Waals surface area (Å²) in [5.41, 5.74) is 11.4. The van der Waals surface area contributed by atoms with Gasteiger partial charge in [0.25, 0.3) is 5.91 Å². The molecule has 8 rings (SSSR count). The molecule has 9 N–H and O–H groups in total. The molecule has 4 saturated heterocycles. The van der Waals surface area contributed by atoms with E-state index in [9.17, 15) is 48.3 Å². The summed E-state index contributed by atoms with van der Waals surface area (Å²) in [5.74, 6) is -5.31. The van der Waals surface area contributed by atoms with Crippen molar-refractivity contribution in [3.8, 4) is 0 Å². The molecule has 6 heterocycles. The van der Waals surface area contributed by atoms with Gasteiger partial charge in [0.1, 0.15) is 37.4 Å². The smallest absolute Gasteiger partial charge is 0.408 e. The molecule has 2 aromatic carbocycles. The second-order valence-electron chi connectivity index (χ2n) is 24.8. The van der Waals surface area contributed by atoms with Gasteiger partial charge in [-0.25, -0.2) is 9.59 Å². The summed E-state index contributed by atoms with van der Waals surface area (Å²) in [5, 5.41) is 21.7. The summed E-state index contributed by atoms with van der Waals surface area (Å²) in [6.45, 7) is 8.25. The highest BCUT2D eigenvalue weighted by atomic mass is 16.6. The molecule has 0 spiro atoms. The van der Waals surface area contributed by atoms with Crippen molar-refractivity contribution in [3.63, 3.8) is 0 Å². The fourth-order valence-electron chi connectivity index (χ4n) is 12.8. The highest BCUT2D eigenvalue weighted by Crippen LogP contribution is 2.45. The Balaban J connectivity index is 0.000000246. The van der Waals surface area contributed by atoms with Crippen molar-refractivity contribution >= 4 is 53.4 Å². The van der Waals surface area contributed by atoms with Crippen LogP contribution < -0.4 is 32.7 Å². The van der Waals surface area contributed by atoms with Crippen molar-refractivity contribution in [2.75, 3.05) is 13.1 Å². The van der Waals surface area contributed by atoms with Crippen molar-refractivity contribution < 1.29 is 67.2 Å². The Morgan fingerprint density at radius 2 is 0.988 bits per heavy atom. The molecule has 22 nitrogen and oxygen atoms in total. The SMILES string of the molecule is CC1(C)C[C@H]2C(CN3C(=O)[C@@H](NC(=O)OCc4ccccc4)CCCCC=CCCCC[C@@H](C(=O)C(N)=O)NC(=O)[C@H]23)O1.CC1(C)C[C@H]2C(CN3C(=O)[C@@H](NC(=O)OCc4ccccc4)CCCCC=CCCCC[C@@H](C(O)C(N)=O)NC(=O)[C@H]23)O1. The summed E-state index contributed by atoms with van der Waals surface area (Å²) >= 11 is 0. The lowest BCUT2D eigenvalue weighted by atomic mass is 9.89. The lowest BCUT2D eigenvalue weighted by Crippen LogP contribution is -2.58. The van der Waals surface area contributed by atoms with Crippen LogP contribution in [0, 0.1) is 11.8 Å². The van der Waals surface area contributed by atoms with Gasteiger partial charge in [-0.05, 0) is 129 Å². The van der Waals surface area contributed by atoms with Crippen LogP contribution in [0.4, 0.5) is 9.59 Å². The van der Waals surface area contributed by atoms with E-state index in [1.165, 1.54) is 9.80 Å². The number of aliphatic hydroxyl groups is 1. The Morgan fingerprint density at radius 3 is 1.40 bits per heavy atom. The van der Waals surface area contributed by atoms with E-state index in [1.807, 2.05) is 88.4 Å². The minimum Gasteiger partial charge on any atom is -0.445 e. The Hall–Kier alpha value is -7.17. The van der Waals surface area contributed by atoms with Gasteiger partial charge < -0.3 is 66.6 Å². The number of nitrogens with zero attached hydrogens (tertiary/aromatic N) is 2. The van der Waals surface area contributed by atoms with E-state index in [0.717, 1.165) is 62.5 Å². The normalized spacial score (nSPS) is 28.7. The molecular weight excluding hydrogens is 1100 g/mol. The summed E-state index contributed by atoms with van der Waals surface area (Å²) in [7, 11) is 0. The van der Waals surface area contributed by atoms with Crippen molar-refractivity contribution in [3.05, 3.63) is 96.1 Å². The summed E-state index contributed by atoms with van der Waals surface area (Å²) in [6.07, 6.45) is 16.2. The van der Waals surface area contributed by atoms with Crippen LogP contribution in [0.25, 0.3) is 0 Å². The first-order valence-corrected chi connectivity index (χ1v) is 30.7. The number of carbonyl (C=O) groups is 9. The monoisotopic (exact) mass is 1190 g/mol. The minimum absolute atomic E-state index is 0.0511. The molecule has 2 aromatic rings. The second-order valence-corrected chi connectivity index (χ2v) is 24.8. The maximum Gasteiger partial charge on any atom is 0.408 e. The first-order valence-electron chi connectivity index (χ1n) is 30.7. The number of alkyl carbamates (subject to hydrolysis) is 2. The molecule has 22 heteroatoms. The topological polar surface area (TPSA) is 317 Å². The van der Waals surface area contributed by atoms with Gasteiger partial charge in [0.15, 0.2) is 6.10 Å². The first-order chi connectivity index (χ1) is 41.1. The summed E-state index contributed by atoms with van der Waals surface area (Å²) < 4.78 is 23.3. The van der Waals surface area contributed by atoms with Gasteiger partial charge in [-0.2, -0.15) is 0 Å². The van der Waals surface area contributed by atoms with E-state index < -0.39 is 101 Å². The summed E-state index contributed by atoms with van der Waals surface area (Å²) in [6, 6.07) is 12.9. The number of fused-ring (bicyclic) bond motifs is 6.